The van der Waals surface area contributed by atoms with E-state index in [9.17, 15) is 13.7 Å². The topological polar surface area (TPSA) is 107 Å². The summed E-state index contributed by atoms with van der Waals surface area (Å²) in [5.74, 6) is 0.490. The number of nitrogens with one attached hydrogen (secondary N) is 1. The molecule has 0 atom stereocenters. The molecule has 0 radical (unpaired) electrons. The second-order valence-electron chi connectivity index (χ2n) is 5.44. The fraction of sp³-hybridized carbons (Fsp3) is 0.500. The van der Waals surface area contributed by atoms with Gasteiger partial charge in [-0.3, -0.25) is 0 Å². The average Bonchev–Trinajstić information content (AvgIpc) is 2.49. The lowest BCUT2D eigenvalue weighted by molar-refractivity contribution is 0.278. The number of hydrogen-bond acceptors (Lipinski definition) is 5. The van der Waals surface area contributed by atoms with E-state index in [1.807, 2.05) is 0 Å². The van der Waals surface area contributed by atoms with Crippen LogP contribution in [0, 0.1) is 28.6 Å². The molecule has 7 heteroatoms. The maximum Gasteiger partial charge on any atom is 0.244 e. The van der Waals surface area contributed by atoms with Crippen molar-refractivity contribution in [3.63, 3.8) is 0 Å². The van der Waals surface area contributed by atoms with E-state index in [2.05, 4.69) is 22.7 Å². The molecular weight excluding hydrogens is 288 g/mol. The highest BCUT2D eigenvalue weighted by atomic mass is 32.2. The number of nitrogens with zero attached hydrogens (tertiary/aromatic N) is 3. The first-order chi connectivity index (χ1) is 9.92. The minimum absolute atomic E-state index is 0.165. The van der Waals surface area contributed by atoms with Crippen LogP contribution in [0.4, 0.5) is 0 Å². The minimum atomic E-state index is -3.95. The van der Waals surface area contributed by atoms with Crippen molar-refractivity contribution in [1.29, 1.82) is 10.5 Å². The van der Waals surface area contributed by atoms with Crippen LogP contribution in [0.25, 0.3) is 0 Å². The standard InChI is InChI=1S/C14H16N4O2S/c1-11-4-6-14(10-16,7-5-11)18-21(19,20)13-3-2-8-17-12(13)9-15/h2-3,8,11,18H,4-7H2,1H3. The molecule has 6 nitrogen and oxygen atoms in total. The van der Waals surface area contributed by atoms with Gasteiger partial charge in [0.15, 0.2) is 5.69 Å². The van der Waals surface area contributed by atoms with E-state index < -0.39 is 15.6 Å². The van der Waals surface area contributed by atoms with Crippen molar-refractivity contribution >= 4 is 10.0 Å². The first-order valence-corrected chi connectivity index (χ1v) is 8.21. The third kappa shape index (κ3) is 3.21. The van der Waals surface area contributed by atoms with Crippen molar-refractivity contribution in [2.45, 2.75) is 43.0 Å². The Kier molecular flexibility index (Phi) is 4.26. The van der Waals surface area contributed by atoms with Gasteiger partial charge in [-0.2, -0.15) is 15.2 Å². The first kappa shape index (κ1) is 15.4. The fourth-order valence-corrected chi connectivity index (χ4v) is 3.98. The molecule has 0 aliphatic heterocycles. The number of rotatable bonds is 3. The van der Waals surface area contributed by atoms with Crippen molar-refractivity contribution in [2.24, 2.45) is 5.92 Å². The number of nitriles is 2. The lowest BCUT2D eigenvalue weighted by atomic mass is 9.79. The Balaban J connectivity index is 2.33. The van der Waals surface area contributed by atoms with E-state index in [1.54, 1.807) is 6.07 Å². The SMILES string of the molecule is CC1CCC(C#N)(NS(=O)(=O)c2cccnc2C#N)CC1. The van der Waals surface area contributed by atoms with Crippen LogP contribution in [0.15, 0.2) is 23.2 Å². The number of sulfonamides is 1. The van der Waals surface area contributed by atoms with Crippen LogP contribution >= 0.6 is 0 Å². The highest BCUT2D eigenvalue weighted by Gasteiger charge is 2.39. The van der Waals surface area contributed by atoms with Crippen LogP contribution in [0.5, 0.6) is 0 Å². The smallest absolute Gasteiger partial charge is 0.244 e. The van der Waals surface area contributed by atoms with Crippen LogP contribution in [0.2, 0.25) is 0 Å². The fourth-order valence-electron chi connectivity index (χ4n) is 2.50. The van der Waals surface area contributed by atoms with Gasteiger partial charge in [0.25, 0.3) is 0 Å². The molecule has 1 aliphatic carbocycles. The second kappa shape index (κ2) is 5.80. The van der Waals surface area contributed by atoms with Crippen molar-refractivity contribution in [3.8, 4) is 12.1 Å². The molecule has 1 aliphatic rings. The molecule has 21 heavy (non-hydrogen) atoms. The Hall–Kier alpha value is -1.96. The quantitative estimate of drug-likeness (QED) is 0.914. The zero-order chi connectivity index (χ0) is 15.5. The maximum atomic E-state index is 12.5. The lowest BCUT2D eigenvalue weighted by Crippen LogP contribution is -2.49. The van der Waals surface area contributed by atoms with Crippen LogP contribution < -0.4 is 4.72 Å². The first-order valence-electron chi connectivity index (χ1n) is 6.73. The largest absolute Gasteiger partial charge is 0.244 e. The number of aromatic nitrogens is 1. The highest BCUT2D eigenvalue weighted by Crippen LogP contribution is 2.32. The number of pyridine rings is 1. The number of hydrogen-bond donors (Lipinski definition) is 1. The third-order valence-corrected chi connectivity index (χ3v) is 5.41. The summed E-state index contributed by atoms with van der Waals surface area (Å²) in [6.45, 7) is 2.09. The van der Waals surface area contributed by atoms with Gasteiger partial charge in [-0.1, -0.05) is 6.92 Å². The van der Waals surface area contributed by atoms with Crippen molar-refractivity contribution < 1.29 is 8.42 Å². The van der Waals surface area contributed by atoms with Gasteiger partial charge in [0.05, 0.1) is 6.07 Å². The summed E-state index contributed by atoms with van der Waals surface area (Å²) in [7, 11) is -3.95. The van der Waals surface area contributed by atoms with Crippen molar-refractivity contribution in [2.75, 3.05) is 0 Å². The molecule has 0 saturated heterocycles. The molecule has 1 aromatic heterocycles. The molecule has 0 bridgehead atoms. The van der Waals surface area contributed by atoms with Crippen LogP contribution in [0.3, 0.4) is 0 Å². The monoisotopic (exact) mass is 304 g/mol. The summed E-state index contributed by atoms with van der Waals surface area (Å²) in [5, 5.41) is 18.4. The molecule has 0 aromatic carbocycles. The Morgan fingerprint density at radius 2 is 2.05 bits per heavy atom. The maximum absolute atomic E-state index is 12.5. The van der Waals surface area contributed by atoms with E-state index in [0.29, 0.717) is 18.8 Å². The van der Waals surface area contributed by atoms with Crippen molar-refractivity contribution in [3.05, 3.63) is 24.0 Å². The van der Waals surface area contributed by atoms with Gasteiger partial charge < -0.3 is 0 Å². The lowest BCUT2D eigenvalue weighted by Gasteiger charge is -2.34. The predicted molar refractivity (Wildman–Crippen MR) is 75.2 cm³/mol. The van der Waals surface area contributed by atoms with Crippen LogP contribution in [-0.4, -0.2) is 18.9 Å². The zero-order valence-electron chi connectivity index (χ0n) is 11.7. The molecule has 2 rings (SSSR count). The van der Waals surface area contributed by atoms with Gasteiger partial charge in [-0.05, 0) is 43.7 Å². The summed E-state index contributed by atoms with van der Waals surface area (Å²) < 4.78 is 27.4. The minimum Gasteiger partial charge on any atom is -0.244 e. The highest BCUT2D eigenvalue weighted by molar-refractivity contribution is 7.89. The van der Waals surface area contributed by atoms with Gasteiger partial charge in [0, 0.05) is 6.20 Å². The Bertz CT molecular complexity index is 707. The van der Waals surface area contributed by atoms with Gasteiger partial charge in [0.2, 0.25) is 10.0 Å². The normalized spacial score (nSPS) is 25.8. The van der Waals surface area contributed by atoms with Gasteiger partial charge in [-0.15, -0.1) is 0 Å². The molecule has 1 N–H and O–H groups in total. The van der Waals surface area contributed by atoms with Crippen LogP contribution in [0.1, 0.15) is 38.3 Å². The molecular formula is C14H16N4O2S. The molecule has 0 amide bonds. The average molecular weight is 304 g/mol. The molecule has 1 aromatic rings. The van der Waals surface area contributed by atoms with Crippen molar-refractivity contribution in [1.82, 2.24) is 9.71 Å². The summed E-state index contributed by atoms with van der Waals surface area (Å²) >= 11 is 0. The summed E-state index contributed by atoms with van der Waals surface area (Å²) in [6.07, 6.45) is 3.92. The van der Waals surface area contributed by atoms with Gasteiger partial charge in [0.1, 0.15) is 16.5 Å². The second-order valence-corrected chi connectivity index (χ2v) is 7.09. The van der Waals surface area contributed by atoms with E-state index in [4.69, 9.17) is 5.26 Å². The van der Waals surface area contributed by atoms with E-state index in [0.717, 1.165) is 12.8 Å². The molecule has 1 fully saturated rings. The summed E-state index contributed by atoms with van der Waals surface area (Å²) in [5.41, 5.74) is -1.25. The molecule has 0 unspecified atom stereocenters. The van der Waals surface area contributed by atoms with E-state index >= 15 is 0 Å². The third-order valence-electron chi connectivity index (χ3n) is 3.84. The Labute approximate surface area is 124 Å². The Morgan fingerprint density at radius 1 is 1.38 bits per heavy atom. The van der Waals surface area contributed by atoms with E-state index in [1.165, 1.54) is 18.3 Å². The Morgan fingerprint density at radius 3 is 2.62 bits per heavy atom. The summed E-state index contributed by atoms with van der Waals surface area (Å²) in [4.78, 5) is 3.57. The summed E-state index contributed by atoms with van der Waals surface area (Å²) in [6, 6.07) is 6.65. The molecule has 1 saturated carbocycles. The molecule has 1 heterocycles. The zero-order valence-corrected chi connectivity index (χ0v) is 12.5. The predicted octanol–water partition coefficient (Wildman–Crippen LogP) is 1.70. The van der Waals surface area contributed by atoms with Gasteiger partial charge in [-0.25, -0.2) is 13.4 Å². The van der Waals surface area contributed by atoms with Crippen LogP contribution in [-0.2, 0) is 10.0 Å². The molecule has 110 valence electrons. The van der Waals surface area contributed by atoms with Gasteiger partial charge >= 0.3 is 0 Å². The van der Waals surface area contributed by atoms with E-state index in [-0.39, 0.29) is 10.6 Å². The molecule has 0 spiro atoms.